The lowest BCUT2D eigenvalue weighted by Gasteiger charge is -2.36. The van der Waals surface area contributed by atoms with E-state index in [1.165, 1.54) is 17.4 Å². The number of amides is 2. The van der Waals surface area contributed by atoms with Gasteiger partial charge in [0.1, 0.15) is 0 Å². The topological polar surface area (TPSA) is 86.7 Å². The van der Waals surface area contributed by atoms with Gasteiger partial charge in [0.15, 0.2) is 0 Å². The molecule has 0 aliphatic carbocycles. The maximum absolute atomic E-state index is 12.7. The highest BCUT2D eigenvalue weighted by Crippen LogP contribution is 2.37. The maximum Gasteiger partial charge on any atom is 0.305 e. The molecule has 1 fully saturated rings. The van der Waals surface area contributed by atoms with Gasteiger partial charge in [0.05, 0.1) is 21.2 Å². The van der Waals surface area contributed by atoms with Crippen molar-refractivity contribution in [1.29, 1.82) is 0 Å². The van der Waals surface area contributed by atoms with Gasteiger partial charge in [0, 0.05) is 31.1 Å². The molecule has 3 atom stereocenters. The molecule has 0 radical (unpaired) electrons. The van der Waals surface area contributed by atoms with Gasteiger partial charge in [-0.3, -0.25) is 14.4 Å². The summed E-state index contributed by atoms with van der Waals surface area (Å²) in [7, 11) is 0. The Hall–Kier alpha value is -2.09. The molecule has 2 amide bonds. The van der Waals surface area contributed by atoms with E-state index < -0.39 is 12.0 Å². The largest absolute Gasteiger partial charge is 0.481 e. The molecule has 1 aromatic carbocycles. The van der Waals surface area contributed by atoms with Crippen molar-refractivity contribution < 1.29 is 19.5 Å². The molecule has 3 unspecified atom stereocenters. The molecule has 1 aliphatic rings. The number of hydrogen-bond donors (Lipinski definition) is 2. The molecule has 2 aromatic rings. The Bertz CT molecular complexity index is 1040. The Labute approximate surface area is 194 Å². The molecular formula is C22H24Cl2N2O4S. The SMILES string of the molecule is CC(CC(=O)O)NC(=O)C1CCN(C(=O)C=Cc2cc3ccsc3c(Cl)c2Cl)CC1C. The predicted octanol–water partition coefficient (Wildman–Crippen LogP) is 4.69. The van der Waals surface area contributed by atoms with Crippen molar-refractivity contribution in [2.75, 3.05) is 13.1 Å². The van der Waals surface area contributed by atoms with Gasteiger partial charge in [-0.25, -0.2) is 0 Å². The maximum atomic E-state index is 12.7. The molecule has 166 valence electrons. The normalized spacial score (nSPS) is 20.2. The summed E-state index contributed by atoms with van der Waals surface area (Å²) in [4.78, 5) is 37.7. The smallest absolute Gasteiger partial charge is 0.305 e. The van der Waals surface area contributed by atoms with Crippen LogP contribution in [0.1, 0.15) is 32.3 Å². The lowest BCUT2D eigenvalue weighted by atomic mass is 9.86. The highest BCUT2D eigenvalue weighted by Gasteiger charge is 2.33. The zero-order valence-corrected chi connectivity index (χ0v) is 19.6. The third kappa shape index (κ3) is 5.59. The van der Waals surface area contributed by atoms with Gasteiger partial charge in [0.25, 0.3) is 0 Å². The van der Waals surface area contributed by atoms with Gasteiger partial charge in [-0.15, -0.1) is 11.3 Å². The molecule has 0 spiro atoms. The minimum absolute atomic E-state index is 0.0386. The van der Waals surface area contributed by atoms with E-state index in [9.17, 15) is 14.4 Å². The van der Waals surface area contributed by atoms with E-state index in [-0.39, 0.29) is 30.1 Å². The number of nitrogens with one attached hydrogen (secondary N) is 1. The molecule has 31 heavy (non-hydrogen) atoms. The van der Waals surface area contributed by atoms with Crippen molar-refractivity contribution in [3.63, 3.8) is 0 Å². The number of halogens is 2. The molecule has 6 nitrogen and oxygen atoms in total. The van der Waals surface area contributed by atoms with Crippen molar-refractivity contribution in [2.45, 2.75) is 32.7 Å². The number of fused-ring (bicyclic) bond motifs is 1. The number of carbonyl (C=O) groups excluding carboxylic acids is 2. The fourth-order valence-electron chi connectivity index (χ4n) is 3.85. The molecule has 1 saturated heterocycles. The minimum atomic E-state index is -0.951. The van der Waals surface area contributed by atoms with Crippen LogP contribution >= 0.6 is 34.5 Å². The summed E-state index contributed by atoms with van der Waals surface area (Å²) in [5.41, 5.74) is 0.681. The summed E-state index contributed by atoms with van der Waals surface area (Å²) in [5.74, 6) is -1.55. The fraction of sp³-hybridized carbons (Fsp3) is 0.409. The lowest BCUT2D eigenvalue weighted by molar-refractivity contribution is -0.138. The molecule has 2 N–H and O–H groups in total. The van der Waals surface area contributed by atoms with Crippen molar-refractivity contribution in [3.8, 4) is 0 Å². The van der Waals surface area contributed by atoms with Gasteiger partial charge in [-0.1, -0.05) is 30.1 Å². The Kier molecular flexibility index (Phi) is 7.62. The monoisotopic (exact) mass is 482 g/mol. The van der Waals surface area contributed by atoms with Crippen molar-refractivity contribution in [1.82, 2.24) is 10.2 Å². The Morgan fingerprint density at radius 1 is 1.35 bits per heavy atom. The number of hydrogen-bond acceptors (Lipinski definition) is 4. The number of rotatable bonds is 6. The van der Waals surface area contributed by atoms with E-state index >= 15 is 0 Å². The van der Waals surface area contributed by atoms with Crippen LogP contribution in [-0.2, 0) is 14.4 Å². The predicted molar refractivity (Wildman–Crippen MR) is 125 cm³/mol. The van der Waals surface area contributed by atoms with Crippen LogP contribution in [0.25, 0.3) is 16.2 Å². The summed E-state index contributed by atoms with van der Waals surface area (Å²) in [6.07, 6.45) is 3.56. The first-order chi connectivity index (χ1) is 14.7. The van der Waals surface area contributed by atoms with Crippen LogP contribution in [0.3, 0.4) is 0 Å². The number of piperidine rings is 1. The van der Waals surface area contributed by atoms with Crippen LogP contribution < -0.4 is 5.32 Å². The number of carbonyl (C=O) groups is 3. The number of carboxylic acid groups (broad SMARTS) is 1. The standard InChI is InChI=1S/C22H24Cl2N2O4S/c1-12-11-26(7-5-16(12)22(30)25-13(2)9-18(28)29)17(27)4-3-14-10-15-6-8-31-21(15)20(24)19(14)23/h3-4,6,8,10,12-13,16H,5,7,9,11H2,1-2H3,(H,25,30)(H,28,29). The molecule has 1 aliphatic heterocycles. The zero-order valence-electron chi connectivity index (χ0n) is 17.2. The first-order valence-electron chi connectivity index (χ1n) is 10.0. The third-order valence-corrected chi connectivity index (χ3v) is 7.42. The second-order valence-electron chi connectivity index (χ2n) is 7.93. The summed E-state index contributed by atoms with van der Waals surface area (Å²) >= 11 is 14.2. The van der Waals surface area contributed by atoms with E-state index in [4.69, 9.17) is 28.3 Å². The molecule has 2 heterocycles. The van der Waals surface area contributed by atoms with Gasteiger partial charge < -0.3 is 15.3 Å². The van der Waals surface area contributed by atoms with Crippen LogP contribution in [0.5, 0.6) is 0 Å². The summed E-state index contributed by atoms with van der Waals surface area (Å²) in [5, 5.41) is 15.4. The first kappa shape index (κ1) is 23.6. The average molecular weight is 483 g/mol. The van der Waals surface area contributed by atoms with Crippen LogP contribution in [0, 0.1) is 11.8 Å². The summed E-state index contributed by atoms with van der Waals surface area (Å²) in [6.45, 7) is 4.50. The molecule has 0 bridgehead atoms. The molecule has 1 aromatic heterocycles. The van der Waals surface area contributed by atoms with Crippen molar-refractivity contribution in [3.05, 3.63) is 39.2 Å². The molecule has 9 heteroatoms. The number of nitrogens with zero attached hydrogens (tertiary/aromatic N) is 1. The van der Waals surface area contributed by atoms with Gasteiger partial charge in [0.2, 0.25) is 11.8 Å². The number of likely N-dealkylation sites (tertiary alicyclic amines) is 1. The quantitative estimate of drug-likeness (QED) is 0.584. The summed E-state index contributed by atoms with van der Waals surface area (Å²) in [6, 6.07) is 3.43. The first-order valence-corrected chi connectivity index (χ1v) is 11.6. The second kappa shape index (κ2) is 10.0. The van der Waals surface area contributed by atoms with Crippen LogP contribution in [0.15, 0.2) is 23.6 Å². The van der Waals surface area contributed by atoms with Gasteiger partial charge >= 0.3 is 5.97 Å². The van der Waals surface area contributed by atoms with Gasteiger partial charge in [-0.05, 0) is 53.8 Å². The van der Waals surface area contributed by atoms with E-state index in [1.54, 1.807) is 17.9 Å². The van der Waals surface area contributed by atoms with Crippen molar-refractivity contribution >= 4 is 68.5 Å². The number of aliphatic carboxylic acids is 1. The molecule has 3 rings (SSSR count). The number of thiophene rings is 1. The lowest BCUT2D eigenvalue weighted by Crippen LogP contribution is -2.48. The Morgan fingerprint density at radius 2 is 2.10 bits per heavy atom. The Morgan fingerprint density at radius 3 is 2.77 bits per heavy atom. The van der Waals surface area contributed by atoms with Crippen LogP contribution in [0.4, 0.5) is 0 Å². The van der Waals surface area contributed by atoms with E-state index in [1.807, 2.05) is 24.4 Å². The van der Waals surface area contributed by atoms with Crippen molar-refractivity contribution in [2.24, 2.45) is 11.8 Å². The third-order valence-electron chi connectivity index (χ3n) is 5.48. The Balaban J connectivity index is 1.61. The average Bonchev–Trinajstić information content (AvgIpc) is 3.17. The number of benzene rings is 1. The second-order valence-corrected chi connectivity index (χ2v) is 9.60. The van der Waals surface area contributed by atoms with Gasteiger partial charge in [-0.2, -0.15) is 0 Å². The van der Waals surface area contributed by atoms with E-state index in [2.05, 4.69) is 5.32 Å². The number of carboxylic acids is 1. The van der Waals surface area contributed by atoms with Crippen LogP contribution in [0.2, 0.25) is 10.0 Å². The zero-order chi connectivity index (χ0) is 22.7. The fourth-order valence-corrected chi connectivity index (χ4v) is 5.29. The van der Waals surface area contributed by atoms with Crippen LogP contribution in [-0.4, -0.2) is 46.9 Å². The highest BCUT2D eigenvalue weighted by molar-refractivity contribution is 7.18. The van der Waals surface area contributed by atoms with E-state index in [0.717, 1.165) is 10.1 Å². The minimum Gasteiger partial charge on any atom is -0.481 e. The van der Waals surface area contributed by atoms with E-state index in [0.29, 0.717) is 35.1 Å². The molecular weight excluding hydrogens is 459 g/mol. The summed E-state index contributed by atoms with van der Waals surface area (Å²) < 4.78 is 0.919. The molecule has 0 saturated carbocycles. The highest BCUT2D eigenvalue weighted by atomic mass is 35.5.